The normalized spacial score (nSPS) is 16.4. The molecule has 7 nitrogen and oxygen atoms in total. The van der Waals surface area contributed by atoms with E-state index in [-0.39, 0.29) is 17.0 Å². The fraction of sp³-hybridized carbons (Fsp3) is 0.529. The van der Waals surface area contributed by atoms with Crippen molar-refractivity contribution in [2.75, 3.05) is 6.54 Å². The van der Waals surface area contributed by atoms with Crippen LogP contribution in [-0.4, -0.2) is 33.2 Å². The predicted molar refractivity (Wildman–Crippen MR) is 164 cm³/mol. The second-order valence-corrected chi connectivity index (χ2v) is 11.3. The lowest BCUT2D eigenvalue weighted by molar-refractivity contribution is -0.384. The number of benzene rings is 2. The third-order valence-electron chi connectivity index (χ3n) is 8.01. The van der Waals surface area contributed by atoms with Crippen molar-refractivity contribution in [3.63, 3.8) is 0 Å². The maximum Gasteiger partial charge on any atom is 0.295 e. The van der Waals surface area contributed by atoms with E-state index in [0.717, 1.165) is 31.2 Å². The van der Waals surface area contributed by atoms with E-state index in [1.165, 1.54) is 81.2 Å². The molecule has 1 heterocycles. The fourth-order valence-corrected chi connectivity index (χ4v) is 5.61. The number of amides is 1. The molecule has 2 aromatic rings. The van der Waals surface area contributed by atoms with Crippen LogP contribution < -0.4 is 0 Å². The summed E-state index contributed by atoms with van der Waals surface area (Å²) < 4.78 is 0. The van der Waals surface area contributed by atoms with Gasteiger partial charge in [0.25, 0.3) is 17.4 Å². The Hall–Kier alpha value is -3.48. The molecule has 7 heteroatoms. The van der Waals surface area contributed by atoms with Crippen LogP contribution in [0.4, 0.5) is 5.69 Å². The number of likely N-dealkylation sites (tertiary alicyclic amines) is 1. The molecule has 1 atom stereocenters. The van der Waals surface area contributed by atoms with E-state index in [4.69, 9.17) is 0 Å². The number of aryl methyl sites for hydroxylation is 1. The van der Waals surface area contributed by atoms with Crippen LogP contribution in [0.3, 0.4) is 0 Å². The van der Waals surface area contributed by atoms with Crippen molar-refractivity contribution < 1.29 is 19.6 Å². The first kappa shape index (κ1) is 32.0. The van der Waals surface area contributed by atoms with Gasteiger partial charge < -0.3 is 10.0 Å². The third kappa shape index (κ3) is 9.27. The van der Waals surface area contributed by atoms with Gasteiger partial charge in [-0.3, -0.25) is 19.7 Å². The smallest absolute Gasteiger partial charge is 0.295 e. The Bertz CT molecular complexity index is 1190. The van der Waals surface area contributed by atoms with Crippen molar-refractivity contribution >= 4 is 23.1 Å². The number of non-ortho nitro benzene ring substituents is 1. The minimum Gasteiger partial charge on any atom is -0.507 e. The van der Waals surface area contributed by atoms with E-state index in [1.54, 1.807) is 24.3 Å². The molecule has 1 fully saturated rings. The zero-order chi connectivity index (χ0) is 29.6. The lowest BCUT2D eigenvalue weighted by Crippen LogP contribution is -2.30. The van der Waals surface area contributed by atoms with Gasteiger partial charge >= 0.3 is 0 Å². The van der Waals surface area contributed by atoms with E-state index >= 15 is 0 Å². The Balaban J connectivity index is 1.59. The lowest BCUT2D eigenvalue weighted by Gasteiger charge is -2.25. The highest BCUT2D eigenvalue weighted by molar-refractivity contribution is 6.46. The molecule has 1 N–H and O–H groups in total. The summed E-state index contributed by atoms with van der Waals surface area (Å²) in [5, 5.41) is 22.6. The van der Waals surface area contributed by atoms with Crippen molar-refractivity contribution in [3.8, 4) is 0 Å². The number of rotatable bonds is 18. The summed E-state index contributed by atoms with van der Waals surface area (Å²) in [5.41, 5.74) is 1.72. The topological polar surface area (TPSA) is 101 Å². The largest absolute Gasteiger partial charge is 0.507 e. The molecule has 1 aliphatic rings. The van der Waals surface area contributed by atoms with E-state index < -0.39 is 22.7 Å². The predicted octanol–water partition coefficient (Wildman–Crippen LogP) is 8.81. The van der Waals surface area contributed by atoms with Crippen molar-refractivity contribution in [1.29, 1.82) is 0 Å². The second-order valence-electron chi connectivity index (χ2n) is 11.3. The van der Waals surface area contributed by atoms with Gasteiger partial charge in [0.2, 0.25) is 0 Å². The number of hydrogen-bond acceptors (Lipinski definition) is 5. The molecule has 0 spiro atoms. The summed E-state index contributed by atoms with van der Waals surface area (Å²) in [5.74, 6) is -1.70. The summed E-state index contributed by atoms with van der Waals surface area (Å²) in [7, 11) is 0. The SMILES string of the molecule is CCCCCCCCCCCCCCCCN1C(=O)C(=O)C(=C(O)c2ccc(C)cc2)[C@@H]1c1cccc([N+](=O)[O-])c1. The van der Waals surface area contributed by atoms with Crippen LogP contribution in [0.1, 0.15) is 120 Å². The van der Waals surface area contributed by atoms with Crippen LogP contribution in [0.15, 0.2) is 54.1 Å². The highest BCUT2D eigenvalue weighted by Crippen LogP contribution is 2.40. The molecule has 0 radical (unpaired) electrons. The van der Waals surface area contributed by atoms with Crippen LogP contribution in [0, 0.1) is 17.0 Å². The molecule has 1 amide bonds. The average molecular weight is 563 g/mol. The number of nitrogens with zero attached hydrogens (tertiary/aromatic N) is 2. The van der Waals surface area contributed by atoms with Crippen molar-refractivity contribution in [2.24, 2.45) is 0 Å². The molecule has 0 aliphatic carbocycles. The minimum absolute atomic E-state index is 0.0234. The Labute approximate surface area is 244 Å². The van der Waals surface area contributed by atoms with Gasteiger partial charge in [0.15, 0.2) is 0 Å². The molecule has 0 aromatic heterocycles. The quantitative estimate of drug-likeness (QED) is 0.0488. The number of nitro groups is 1. The second kappa shape index (κ2) is 16.7. The number of Topliss-reactive ketones (excluding diaryl/α,β-unsaturated/α-hetero) is 1. The van der Waals surface area contributed by atoms with Crippen LogP contribution in [0.25, 0.3) is 5.76 Å². The molecular formula is C34H46N2O5. The van der Waals surface area contributed by atoms with Gasteiger partial charge in [-0.2, -0.15) is 0 Å². The first-order valence-corrected chi connectivity index (χ1v) is 15.4. The van der Waals surface area contributed by atoms with E-state index in [0.29, 0.717) is 17.7 Å². The maximum absolute atomic E-state index is 13.2. The molecule has 1 saturated heterocycles. The van der Waals surface area contributed by atoms with Gasteiger partial charge in [-0.25, -0.2) is 0 Å². The van der Waals surface area contributed by atoms with Gasteiger partial charge in [0.05, 0.1) is 16.5 Å². The maximum atomic E-state index is 13.2. The number of ketones is 1. The Morgan fingerprint density at radius 1 is 0.829 bits per heavy atom. The Kier molecular flexibility index (Phi) is 13.1. The zero-order valence-corrected chi connectivity index (χ0v) is 24.8. The van der Waals surface area contributed by atoms with Gasteiger partial charge in [-0.05, 0) is 18.9 Å². The van der Waals surface area contributed by atoms with Crippen LogP contribution in [0.5, 0.6) is 0 Å². The number of hydrogen-bond donors (Lipinski definition) is 1. The highest BCUT2D eigenvalue weighted by Gasteiger charge is 2.46. The van der Waals surface area contributed by atoms with E-state index in [2.05, 4.69) is 6.92 Å². The number of carbonyl (C=O) groups is 2. The number of aliphatic hydroxyl groups excluding tert-OH is 1. The fourth-order valence-electron chi connectivity index (χ4n) is 5.61. The molecule has 2 aromatic carbocycles. The summed E-state index contributed by atoms with van der Waals surface area (Å²) >= 11 is 0. The summed E-state index contributed by atoms with van der Waals surface area (Å²) in [6.07, 6.45) is 17.0. The van der Waals surface area contributed by atoms with Crippen LogP contribution in [0.2, 0.25) is 0 Å². The number of carbonyl (C=O) groups excluding carboxylic acids is 2. The zero-order valence-electron chi connectivity index (χ0n) is 24.8. The third-order valence-corrected chi connectivity index (χ3v) is 8.01. The number of aliphatic hydroxyl groups is 1. The molecule has 222 valence electrons. The first-order valence-electron chi connectivity index (χ1n) is 15.4. The number of nitro benzene ring substituents is 1. The van der Waals surface area contributed by atoms with Gasteiger partial charge in [0, 0.05) is 24.2 Å². The van der Waals surface area contributed by atoms with Crippen molar-refractivity contribution in [2.45, 2.75) is 110 Å². The molecule has 41 heavy (non-hydrogen) atoms. The summed E-state index contributed by atoms with van der Waals surface area (Å²) in [6.45, 7) is 4.51. The first-order chi connectivity index (χ1) is 19.8. The minimum atomic E-state index is -0.877. The van der Waals surface area contributed by atoms with Gasteiger partial charge in [-0.15, -0.1) is 0 Å². The monoisotopic (exact) mass is 562 g/mol. The Morgan fingerprint density at radius 3 is 1.90 bits per heavy atom. The lowest BCUT2D eigenvalue weighted by atomic mass is 9.94. The average Bonchev–Trinajstić information content (AvgIpc) is 3.22. The standard InChI is InChI=1S/C34H46N2O5/c1-3-4-5-6-7-8-9-10-11-12-13-14-15-16-24-35-31(28-18-17-19-29(25-28)36(40)41)30(33(38)34(35)39)32(37)27-22-20-26(2)21-23-27/h17-23,25,31,37H,3-16,24H2,1-2H3/t31-/m0/s1. The van der Waals surface area contributed by atoms with Gasteiger partial charge in [0.1, 0.15) is 5.76 Å². The molecule has 3 rings (SSSR count). The molecule has 0 bridgehead atoms. The van der Waals surface area contributed by atoms with E-state index in [9.17, 15) is 24.8 Å². The Morgan fingerprint density at radius 2 is 1.37 bits per heavy atom. The molecular weight excluding hydrogens is 516 g/mol. The van der Waals surface area contributed by atoms with Crippen LogP contribution in [-0.2, 0) is 9.59 Å². The molecule has 0 saturated carbocycles. The number of unbranched alkanes of at least 4 members (excludes halogenated alkanes) is 13. The van der Waals surface area contributed by atoms with Gasteiger partial charge in [-0.1, -0.05) is 132 Å². The summed E-state index contributed by atoms with van der Waals surface area (Å²) in [4.78, 5) is 38.8. The van der Waals surface area contributed by atoms with Crippen molar-refractivity contribution in [1.82, 2.24) is 4.90 Å². The highest BCUT2D eigenvalue weighted by atomic mass is 16.6. The van der Waals surface area contributed by atoms with Crippen molar-refractivity contribution in [3.05, 3.63) is 80.9 Å². The molecule has 1 aliphatic heterocycles. The summed E-state index contributed by atoms with van der Waals surface area (Å²) in [6, 6.07) is 12.2. The van der Waals surface area contributed by atoms with Crippen LogP contribution >= 0.6 is 0 Å². The molecule has 0 unspecified atom stereocenters. The van der Waals surface area contributed by atoms with E-state index in [1.807, 2.05) is 19.1 Å².